The van der Waals surface area contributed by atoms with Crippen molar-refractivity contribution in [2.45, 2.75) is 26.2 Å². The fourth-order valence-corrected chi connectivity index (χ4v) is 6.60. The van der Waals surface area contributed by atoms with Crippen molar-refractivity contribution in [1.29, 1.82) is 5.26 Å². The molecular formula is C28H30BrFN4O2. The van der Waals surface area contributed by atoms with Crippen molar-refractivity contribution in [3.8, 4) is 6.07 Å². The van der Waals surface area contributed by atoms with Gasteiger partial charge in [0.15, 0.2) is 0 Å². The van der Waals surface area contributed by atoms with E-state index in [9.17, 15) is 14.0 Å². The summed E-state index contributed by atoms with van der Waals surface area (Å²) in [6.07, 6.45) is 2.61. The number of halogens is 2. The first-order valence-corrected chi connectivity index (χ1v) is 13.4. The maximum atomic E-state index is 14.0. The van der Waals surface area contributed by atoms with Crippen molar-refractivity contribution < 1.29 is 14.0 Å². The number of piperazine rings is 1. The Labute approximate surface area is 219 Å². The molecule has 2 bridgehead atoms. The molecule has 2 aromatic carbocycles. The predicted molar refractivity (Wildman–Crippen MR) is 139 cm³/mol. The summed E-state index contributed by atoms with van der Waals surface area (Å²) in [6, 6.07) is 12.4. The highest BCUT2D eigenvalue weighted by Crippen LogP contribution is 2.44. The topological polar surface area (TPSA) is 67.7 Å². The van der Waals surface area contributed by atoms with E-state index in [1.165, 1.54) is 12.1 Å². The fraction of sp³-hybridized carbons (Fsp3) is 0.464. The number of piperidine rings is 1. The number of fused-ring (bicyclic) bond motifs is 2. The van der Waals surface area contributed by atoms with E-state index in [2.05, 4.69) is 26.9 Å². The van der Waals surface area contributed by atoms with Crippen LogP contribution >= 0.6 is 15.9 Å². The summed E-state index contributed by atoms with van der Waals surface area (Å²) in [4.78, 5) is 32.6. The molecule has 0 aromatic heterocycles. The molecule has 3 fully saturated rings. The lowest BCUT2D eigenvalue weighted by molar-refractivity contribution is -0.133. The van der Waals surface area contributed by atoms with Crippen LogP contribution in [0.1, 0.15) is 40.7 Å². The molecule has 2 aliphatic heterocycles. The van der Waals surface area contributed by atoms with Gasteiger partial charge in [-0.15, -0.1) is 0 Å². The Balaban J connectivity index is 1.17. The van der Waals surface area contributed by atoms with E-state index in [-0.39, 0.29) is 11.8 Å². The van der Waals surface area contributed by atoms with E-state index in [1.54, 1.807) is 0 Å². The van der Waals surface area contributed by atoms with Crippen molar-refractivity contribution in [3.63, 3.8) is 0 Å². The molecule has 5 rings (SSSR count). The van der Waals surface area contributed by atoms with Crippen LogP contribution in [0.5, 0.6) is 0 Å². The van der Waals surface area contributed by atoms with E-state index in [0.29, 0.717) is 66.0 Å². The van der Waals surface area contributed by atoms with Crippen LogP contribution in [0.2, 0.25) is 0 Å². The Kier molecular flexibility index (Phi) is 7.03. The maximum absolute atomic E-state index is 14.0. The largest absolute Gasteiger partial charge is 0.368 e. The van der Waals surface area contributed by atoms with Crippen LogP contribution < -0.4 is 4.90 Å². The van der Waals surface area contributed by atoms with Gasteiger partial charge in [-0.2, -0.15) is 5.26 Å². The van der Waals surface area contributed by atoms with E-state index < -0.39 is 5.82 Å². The minimum absolute atomic E-state index is 0.117. The zero-order valence-corrected chi connectivity index (χ0v) is 22.0. The van der Waals surface area contributed by atoms with Crippen LogP contribution in [-0.2, 0) is 4.79 Å². The monoisotopic (exact) mass is 552 g/mol. The predicted octanol–water partition coefficient (Wildman–Crippen LogP) is 4.61. The van der Waals surface area contributed by atoms with Gasteiger partial charge in [0, 0.05) is 61.4 Å². The molecule has 8 heteroatoms. The second kappa shape index (κ2) is 10.2. The molecule has 36 heavy (non-hydrogen) atoms. The minimum Gasteiger partial charge on any atom is -0.368 e. The lowest BCUT2D eigenvalue weighted by Gasteiger charge is -2.40. The number of hydrogen-bond acceptors (Lipinski definition) is 4. The number of nitriles is 1. The van der Waals surface area contributed by atoms with Crippen molar-refractivity contribution in [3.05, 3.63) is 63.4 Å². The Bertz CT molecular complexity index is 1190. The lowest BCUT2D eigenvalue weighted by atomic mass is 9.82. The summed E-state index contributed by atoms with van der Waals surface area (Å²) in [5, 5.41) is 8.99. The van der Waals surface area contributed by atoms with E-state index in [0.717, 1.165) is 37.2 Å². The van der Waals surface area contributed by atoms with Gasteiger partial charge in [-0.3, -0.25) is 9.59 Å². The first-order valence-electron chi connectivity index (χ1n) is 12.6. The minimum atomic E-state index is -0.418. The standard InChI is InChI=1S/C28H30BrFN4O2/c1-18-24(12-22(30)13-26(18)29)28(36)34-16-20-4-5-21(17-34)25(20)14-27(35)33-10-8-32(9-11-33)23-6-2-19(15-31)3-7-23/h2-3,6-7,12-13,20-21,25H,4-5,8-11,14,16-17H2,1H3. The molecule has 1 aliphatic carbocycles. The quantitative estimate of drug-likeness (QED) is 0.555. The number of carbonyl (C=O) groups is 2. The van der Waals surface area contributed by atoms with Gasteiger partial charge >= 0.3 is 0 Å². The van der Waals surface area contributed by atoms with Crippen LogP contribution in [0.3, 0.4) is 0 Å². The van der Waals surface area contributed by atoms with Crippen molar-refractivity contribution in [1.82, 2.24) is 9.80 Å². The molecule has 0 N–H and O–H groups in total. The molecular weight excluding hydrogens is 523 g/mol. The van der Waals surface area contributed by atoms with Crippen molar-refractivity contribution >= 4 is 33.4 Å². The Morgan fingerprint density at radius 3 is 2.28 bits per heavy atom. The third-order valence-electron chi connectivity index (χ3n) is 8.26. The SMILES string of the molecule is Cc1c(Br)cc(F)cc1C(=O)N1CC2CCC(C1)C2CC(=O)N1CCN(c2ccc(C#N)cc2)CC1. The summed E-state index contributed by atoms with van der Waals surface area (Å²) < 4.78 is 14.6. The molecule has 2 aromatic rings. The number of nitrogens with zero attached hydrogens (tertiary/aromatic N) is 4. The van der Waals surface area contributed by atoms with Crippen LogP contribution in [0, 0.1) is 41.8 Å². The number of hydrogen-bond donors (Lipinski definition) is 0. The molecule has 2 heterocycles. The summed E-state index contributed by atoms with van der Waals surface area (Å²) in [6.45, 7) is 6.04. The van der Waals surface area contributed by atoms with Gasteiger partial charge in [0.25, 0.3) is 5.91 Å². The van der Waals surface area contributed by atoms with E-state index in [1.807, 2.05) is 41.0 Å². The average molecular weight is 553 g/mol. The van der Waals surface area contributed by atoms with Crippen molar-refractivity contribution in [2.24, 2.45) is 17.8 Å². The molecule has 3 aliphatic rings. The highest BCUT2D eigenvalue weighted by Gasteiger charge is 2.44. The third-order valence-corrected chi connectivity index (χ3v) is 9.08. The van der Waals surface area contributed by atoms with Gasteiger partial charge in [0.05, 0.1) is 11.6 Å². The molecule has 2 amide bonds. The van der Waals surface area contributed by atoms with Gasteiger partial charge < -0.3 is 14.7 Å². The number of likely N-dealkylation sites (tertiary alicyclic amines) is 1. The second-order valence-corrected chi connectivity index (χ2v) is 11.1. The van der Waals surface area contributed by atoms with E-state index >= 15 is 0 Å². The zero-order valence-electron chi connectivity index (χ0n) is 20.4. The van der Waals surface area contributed by atoms with Gasteiger partial charge in [-0.1, -0.05) is 15.9 Å². The molecule has 1 saturated carbocycles. The highest BCUT2D eigenvalue weighted by molar-refractivity contribution is 9.10. The number of rotatable bonds is 4. The summed E-state index contributed by atoms with van der Waals surface area (Å²) in [5.41, 5.74) is 2.90. The zero-order chi connectivity index (χ0) is 25.4. The molecule has 2 unspecified atom stereocenters. The number of anilines is 1. The normalized spacial score (nSPS) is 23.5. The van der Waals surface area contributed by atoms with Gasteiger partial charge in [-0.05, 0) is 79.5 Å². The van der Waals surface area contributed by atoms with Gasteiger partial charge in [0.2, 0.25) is 5.91 Å². The summed E-state index contributed by atoms with van der Waals surface area (Å²) in [7, 11) is 0. The third kappa shape index (κ3) is 4.86. The molecule has 188 valence electrons. The molecule has 0 spiro atoms. The van der Waals surface area contributed by atoms with Crippen LogP contribution in [0.15, 0.2) is 40.9 Å². The highest BCUT2D eigenvalue weighted by atomic mass is 79.9. The Morgan fingerprint density at radius 1 is 1.03 bits per heavy atom. The van der Waals surface area contributed by atoms with Crippen LogP contribution in [0.4, 0.5) is 10.1 Å². The first-order chi connectivity index (χ1) is 17.3. The van der Waals surface area contributed by atoms with Crippen LogP contribution in [0.25, 0.3) is 0 Å². The smallest absolute Gasteiger partial charge is 0.254 e. The Morgan fingerprint density at radius 2 is 1.67 bits per heavy atom. The summed E-state index contributed by atoms with van der Waals surface area (Å²) >= 11 is 3.35. The van der Waals surface area contributed by atoms with E-state index in [4.69, 9.17) is 5.26 Å². The average Bonchev–Trinajstić information content (AvgIpc) is 3.11. The number of amides is 2. The summed E-state index contributed by atoms with van der Waals surface area (Å²) in [5.74, 6) is 0.606. The first kappa shape index (κ1) is 24.8. The van der Waals surface area contributed by atoms with Gasteiger partial charge in [0.1, 0.15) is 5.82 Å². The lowest BCUT2D eigenvalue weighted by Crippen LogP contribution is -2.50. The van der Waals surface area contributed by atoms with Gasteiger partial charge in [-0.25, -0.2) is 4.39 Å². The Hall–Kier alpha value is -2.92. The fourth-order valence-electron chi connectivity index (χ4n) is 6.16. The number of benzene rings is 2. The second-order valence-electron chi connectivity index (χ2n) is 10.3. The van der Waals surface area contributed by atoms with Crippen molar-refractivity contribution in [2.75, 3.05) is 44.2 Å². The molecule has 2 atom stereocenters. The van der Waals surface area contributed by atoms with Crippen LogP contribution in [-0.4, -0.2) is 60.9 Å². The number of carbonyl (C=O) groups excluding carboxylic acids is 2. The molecule has 2 saturated heterocycles. The maximum Gasteiger partial charge on any atom is 0.254 e. The molecule has 6 nitrogen and oxygen atoms in total. The molecule has 0 radical (unpaired) electrons.